The Labute approximate surface area is 220 Å². The fourth-order valence-electron chi connectivity index (χ4n) is 7.29. The van der Waals surface area contributed by atoms with Crippen LogP contribution in [0.4, 0.5) is 0 Å². The highest BCUT2D eigenvalue weighted by atomic mass is 32.1. The summed E-state index contributed by atoms with van der Waals surface area (Å²) in [5.74, 6) is 0. The van der Waals surface area contributed by atoms with E-state index in [1.165, 1.54) is 90.8 Å². The van der Waals surface area contributed by atoms with Gasteiger partial charge in [-0.05, 0) is 35.0 Å². The predicted octanol–water partition coefficient (Wildman–Crippen LogP) is 10.0. The van der Waals surface area contributed by atoms with E-state index in [0.717, 1.165) is 0 Å². The van der Waals surface area contributed by atoms with Crippen LogP contribution in [0.5, 0.6) is 0 Å². The molecule has 0 saturated heterocycles. The van der Waals surface area contributed by atoms with E-state index in [0.29, 0.717) is 0 Å². The lowest BCUT2D eigenvalue weighted by atomic mass is 9.97. The summed E-state index contributed by atoms with van der Waals surface area (Å²) in [6, 6.07) is 38.4. The van der Waals surface area contributed by atoms with Crippen molar-refractivity contribution < 1.29 is 0 Å². The molecule has 4 heterocycles. The molecule has 0 spiro atoms. The van der Waals surface area contributed by atoms with Gasteiger partial charge in [0.05, 0.1) is 32.3 Å². The SMILES string of the molecule is Cn1c2cc3ccccc3c3c4cccc5c6ccccc6n(c6cc7c8ccccc8sc7c1c6c32)c54. The number of aromatic nitrogens is 2. The first-order valence-electron chi connectivity index (χ1n) is 13.1. The number of hydrogen-bond donors (Lipinski definition) is 0. The molecule has 0 atom stereocenters. The Bertz CT molecular complexity index is 2630. The number of nitrogens with zero attached hydrogens (tertiary/aromatic N) is 2. The zero-order chi connectivity index (χ0) is 24.7. The first-order chi connectivity index (χ1) is 18.8. The largest absolute Gasteiger partial charge is 0.342 e. The van der Waals surface area contributed by atoms with Crippen LogP contribution >= 0.6 is 11.3 Å². The van der Waals surface area contributed by atoms with E-state index in [4.69, 9.17) is 0 Å². The maximum Gasteiger partial charge on any atom is 0.0691 e. The van der Waals surface area contributed by atoms with E-state index in [1.54, 1.807) is 0 Å². The monoisotopic (exact) mass is 500 g/mol. The Hall–Kier alpha value is -4.60. The van der Waals surface area contributed by atoms with Crippen LogP contribution in [0.3, 0.4) is 0 Å². The predicted molar refractivity (Wildman–Crippen MR) is 165 cm³/mol. The normalized spacial score (nSPS) is 12.9. The first kappa shape index (κ1) is 19.5. The average molecular weight is 501 g/mol. The van der Waals surface area contributed by atoms with Crippen molar-refractivity contribution in [1.82, 2.24) is 8.97 Å². The molecule has 0 aliphatic rings. The number of fused-ring (bicyclic) bond motifs is 11. The second-order valence-electron chi connectivity index (χ2n) is 10.6. The van der Waals surface area contributed by atoms with Gasteiger partial charge in [0, 0.05) is 54.8 Å². The molecule has 0 aliphatic heterocycles. The summed E-state index contributed by atoms with van der Waals surface area (Å²) in [4.78, 5) is 0. The average Bonchev–Trinajstić information content (AvgIpc) is 3.56. The zero-order valence-electron chi connectivity index (χ0n) is 20.6. The van der Waals surface area contributed by atoms with Crippen LogP contribution in [0, 0.1) is 0 Å². The third-order valence-electron chi connectivity index (χ3n) is 8.80. The van der Waals surface area contributed by atoms with Crippen molar-refractivity contribution in [2.45, 2.75) is 0 Å². The number of benzene rings is 6. The Morgan fingerprint density at radius 1 is 0.500 bits per heavy atom. The van der Waals surface area contributed by atoms with Crippen LogP contribution in [-0.4, -0.2) is 8.97 Å². The van der Waals surface area contributed by atoms with Crippen LogP contribution in [0.15, 0.2) is 103 Å². The van der Waals surface area contributed by atoms with Gasteiger partial charge in [-0.2, -0.15) is 0 Å². The molecule has 0 aliphatic carbocycles. The molecular weight excluding hydrogens is 480 g/mol. The molecule has 10 aromatic rings. The van der Waals surface area contributed by atoms with Crippen molar-refractivity contribution >= 4 is 102 Å². The second kappa shape index (κ2) is 6.45. The van der Waals surface area contributed by atoms with Gasteiger partial charge in [-0.1, -0.05) is 78.9 Å². The van der Waals surface area contributed by atoms with E-state index < -0.39 is 0 Å². The van der Waals surface area contributed by atoms with E-state index in [2.05, 4.69) is 119 Å². The molecule has 0 saturated carbocycles. The molecule has 0 radical (unpaired) electrons. The second-order valence-corrected chi connectivity index (χ2v) is 11.6. The third kappa shape index (κ3) is 2.07. The lowest BCUT2D eigenvalue weighted by molar-refractivity contribution is 1.02. The molecule has 0 bridgehead atoms. The fourth-order valence-corrected chi connectivity index (χ4v) is 8.56. The highest BCUT2D eigenvalue weighted by Gasteiger charge is 2.24. The summed E-state index contributed by atoms with van der Waals surface area (Å²) in [6.07, 6.45) is 0. The molecule has 0 unspecified atom stereocenters. The number of rotatable bonds is 0. The molecule has 38 heavy (non-hydrogen) atoms. The van der Waals surface area contributed by atoms with Gasteiger partial charge >= 0.3 is 0 Å². The lowest BCUT2D eigenvalue weighted by Gasteiger charge is -2.07. The van der Waals surface area contributed by atoms with Crippen LogP contribution in [-0.2, 0) is 7.05 Å². The summed E-state index contributed by atoms with van der Waals surface area (Å²) in [5, 5.41) is 13.3. The Balaban J connectivity index is 1.72. The van der Waals surface area contributed by atoms with Gasteiger partial charge in [0.2, 0.25) is 0 Å². The fraction of sp³-hybridized carbons (Fsp3) is 0.0286. The van der Waals surface area contributed by atoms with Gasteiger partial charge < -0.3 is 8.97 Å². The molecular formula is C35H20N2S. The van der Waals surface area contributed by atoms with Gasteiger partial charge in [-0.25, -0.2) is 0 Å². The van der Waals surface area contributed by atoms with E-state index in [-0.39, 0.29) is 0 Å². The van der Waals surface area contributed by atoms with Crippen molar-refractivity contribution in [2.24, 2.45) is 7.05 Å². The van der Waals surface area contributed by atoms with Gasteiger partial charge in [-0.15, -0.1) is 11.3 Å². The highest BCUT2D eigenvalue weighted by molar-refractivity contribution is 7.26. The molecule has 2 nitrogen and oxygen atoms in total. The summed E-state index contributed by atoms with van der Waals surface area (Å²) in [6.45, 7) is 0. The number of thiophene rings is 1. The molecule has 4 aromatic heterocycles. The van der Waals surface area contributed by atoms with Crippen LogP contribution in [0.1, 0.15) is 0 Å². The highest BCUT2D eigenvalue weighted by Crippen LogP contribution is 2.49. The summed E-state index contributed by atoms with van der Waals surface area (Å²) in [5.41, 5.74) is 6.50. The molecule has 10 rings (SSSR count). The Kier molecular flexibility index (Phi) is 3.31. The Morgan fingerprint density at radius 2 is 1.24 bits per heavy atom. The summed E-state index contributed by atoms with van der Waals surface area (Å²) >= 11 is 1.92. The topological polar surface area (TPSA) is 9.34 Å². The van der Waals surface area contributed by atoms with Gasteiger partial charge in [0.25, 0.3) is 0 Å². The van der Waals surface area contributed by atoms with E-state index in [1.807, 2.05) is 11.3 Å². The standard InChI is InChI=1S/C35H20N2S/c1-36-27-17-19-9-2-3-10-20(19)30-24-14-8-13-23-21-11-4-6-15-26(21)37(33(23)24)28-18-25-22-12-5-7-16-29(22)38-35(25)34(36)32(28)31(27)30/h2-18H,1H3. The minimum absolute atomic E-state index is 1.27. The minimum atomic E-state index is 1.27. The summed E-state index contributed by atoms with van der Waals surface area (Å²) in [7, 11) is 2.26. The van der Waals surface area contributed by atoms with Gasteiger partial charge in [-0.3, -0.25) is 0 Å². The molecule has 6 aromatic carbocycles. The molecule has 0 fully saturated rings. The smallest absolute Gasteiger partial charge is 0.0691 e. The van der Waals surface area contributed by atoms with Gasteiger partial charge in [0.1, 0.15) is 0 Å². The van der Waals surface area contributed by atoms with E-state index in [9.17, 15) is 0 Å². The molecule has 0 amide bonds. The maximum atomic E-state index is 2.56. The third-order valence-corrected chi connectivity index (χ3v) is 10.00. The zero-order valence-corrected chi connectivity index (χ0v) is 21.4. The van der Waals surface area contributed by atoms with Crippen LogP contribution in [0.25, 0.3) is 90.8 Å². The number of para-hydroxylation sites is 2. The van der Waals surface area contributed by atoms with Crippen molar-refractivity contribution in [1.29, 1.82) is 0 Å². The van der Waals surface area contributed by atoms with Crippen LogP contribution in [0.2, 0.25) is 0 Å². The number of aryl methyl sites for hydroxylation is 1. The van der Waals surface area contributed by atoms with Crippen molar-refractivity contribution in [3.8, 4) is 0 Å². The van der Waals surface area contributed by atoms with Crippen LogP contribution < -0.4 is 0 Å². The minimum Gasteiger partial charge on any atom is -0.342 e. The molecule has 3 heteroatoms. The van der Waals surface area contributed by atoms with Crippen molar-refractivity contribution in [2.75, 3.05) is 0 Å². The molecule has 0 N–H and O–H groups in total. The summed E-state index contributed by atoms with van der Waals surface area (Å²) < 4.78 is 7.73. The van der Waals surface area contributed by atoms with Crippen molar-refractivity contribution in [3.05, 3.63) is 103 Å². The quantitative estimate of drug-likeness (QED) is 0.196. The van der Waals surface area contributed by atoms with E-state index >= 15 is 0 Å². The van der Waals surface area contributed by atoms with Gasteiger partial charge in [0.15, 0.2) is 0 Å². The Morgan fingerprint density at radius 3 is 2.16 bits per heavy atom. The lowest BCUT2D eigenvalue weighted by Crippen LogP contribution is -1.90. The maximum absolute atomic E-state index is 2.56. The molecule has 176 valence electrons. The van der Waals surface area contributed by atoms with Crippen molar-refractivity contribution in [3.63, 3.8) is 0 Å². The first-order valence-corrected chi connectivity index (χ1v) is 13.9. The number of hydrogen-bond acceptors (Lipinski definition) is 1.